The van der Waals surface area contributed by atoms with Gasteiger partial charge < -0.3 is 15.6 Å². The number of rotatable bonds is 3. The van der Waals surface area contributed by atoms with Crippen LogP contribution in [0.2, 0.25) is 0 Å². The molecular weight excluding hydrogens is 378 g/mol. The van der Waals surface area contributed by atoms with E-state index < -0.39 is 5.54 Å². The van der Waals surface area contributed by atoms with Gasteiger partial charge in [-0.3, -0.25) is 19.5 Å². The number of carbonyl (C=O) groups excluding carboxylic acids is 2. The van der Waals surface area contributed by atoms with Gasteiger partial charge in [0, 0.05) is 30.1 Å². The van der Waals surface area contributed by atoms with E-state index in [0.717, 1.165) is 47.7 Å². The predicted molar refractivity (Wildman–Crippen MR) is 116 cm³/mol. The lowest BCUT2D eigenvalue weighted by atomic mass is 9.83. The first-order chi connectivity index (χ1) is 14.6. The van der Waals surface area contributed by atoms with Gasteiger partial charge in [-0.2, -0.15) is 0 Å². The van der Waals surface area contributed by atoms with Crippen LogP contribution >= 0.6 is 0 Å². The fourth-order valence-electron chi connectivity index (χ4n) is 5.14. The number of carbonyl (C=O) groups is 2. The molecule has 0 saturated carbocycles. The van der Waals surface area contributed by atoms with Crippen molar-refractivity contribution in [2.75, 3.05) is 26.2 Å². The molecule has 0 unspecified atom stereocenters. The summed E-state index contributed by atoms with van der Waals surface area (Å²) in [6.45, 7) is 2.90. The fraction of sp³-hybridized carbons (Fsp3) is 0.435. The normalized spacial score (nSPS) is 19.9. The summed E-state index contributed by atoms with van der Waals surface area (Å²) in [5, 5.41) is 2.01. The Balaban J connectivity index is 1.37. The molecule has 2 saturated heterocycles. The molecule has 30 heavy (non-hydrogen) atoms. The number of primary amides is 1. The van der Waals surface area contributed by atoms with Crippen molar-refractivity contribution in [3.8, 4) is 0 Å². The van der Waals surface area contributed by atoms with Crippen LogP contribution in [0, 0.1) is 0 Å². The van der Waals surface area contributed by atoms with Gasteiger partial charge in [-0.15, -0.1) is 0 Å². The van der Waals surface area contributed by atoms with Gasteiger partial charge in [-0.25, -0.2) is 0 Å². The zero-order valence-corrected chi connectivity index (χ0v) is 17.1. The SMILES string of the molecule is NC(=O)C1(N2CCCCC2)CCN(C(=O)c2cc3ccc4cccnc4c3[nH]2)CC1. The minimum atomic E-state index is -0.613. The van der Waals surface area contributed by atoms with Crippen LogP contribution in [-0.2, 0) is 4.79 Å². The van der Waals surface area contributed by atoms with E-state index in [4.69, 9.17) is 5.73 Å². The van der Waals surface area contributed by atoms with Crippen LogP contribution in [0.1, 0.15) is 42.6 Å². The monoisotopic (exact) mass is 405 g/mol. The predicted octanol–water partition coefficient (Wildman–Crippen LogP) is 2.66. The number of nitrogens with one attached hydrogen (secondary N) is 1. The van der Waals surface area contributed by atoms with Crippen LogP contribution in [-0.4, -0.2) is 63.3 Å². The largest absolute Gasteiger partial charge is 0.368 e. The minimum absolute atomic E-state index is 0.0352. The van der Waals surface area contributed by atoms with Crippen LogP contribution < -0.4 is 5.73 Å². The van der Waals surface area contributed by atoms with E-state index in [0.29, 0.717) is 31.6 Å². The van der Waals surface area contributed by atoms with Crippen LogP contribution in [0.4, 0.5) is 0 Å². The zero-order chi connectivity index (χ0) is 20.7. The molecule has 0 radical (unpaired) electrons. The number of aromatic amines is 1. The smallest absolute Gasteiger partial charge is 0.270 e. The third kappa shape index (κ3) is 3.04. The average Bonchev–Trinajstić information content (AvgIpc) is 3.24. The molecule has 2 aliphatic rings. The standard InChI is InChI=1S/C23H27N5O2/c24-22(30)23(28-11-2-1-3-12-28)8-13-27(14-9-23)21(29)18-15-17-7-6-16-5-4-10-25-19(16)20(17)26-18/h4-7,10,15,26H,1-3,8-9,11-14H2,(H2,24,30). The number of likely N-dealkylation sites (tertiary alicyclic amines) is 2. The summed E-state index contributed by atoms with van der Waals surface area (Å²) < 4.78 is 0. The number of nitrogens with zero attached hydrogens (tertiary/aromatic N) is 3. The topological polar surface area (TPSA) is 95.3 Å². The molecule has 2 aromatic heterocycles. The first-order valence-electron chi connectivity index (χ1n) is 10.8. The molecule has 2 fully saturated rings. The second-order valence-electron chi connectivity index (χ2n) is 8.52. The number of hydrogen-bond donors (Lipinski definition) is 2. The van der Waals surface area contributed by atoms with Crippen molar-refractivity contribution < 1.29 is 9.59 Å². The summed E-state index contributed by atoms with van der Waals surface area (Å²) in [7, 11) is 0. The van der Waals surface area contributed by atoms with Crippen molar-refractivity contribution in [1.29, 1.82) is 0 Å². The van der Waals surface area contributed by atoms with Gasteiger partial charge in [0.05, 0.1) is 11.0 Å². The van der Waals surface area contributed by atoms with Gasteiger partial charge in [-0.05, 0) is 50.9 Å². The molecule has 7 heteroatoms. The van der Waals surface area contributed by atoms with Crippen molar-refractivity contribution >= 4 is 33.6 Å². The molecule has 2 amide bonds. The molecule has 0 spiro atoms. The van der Waals surface area contributed by atoms with Gasteiger partial charge in [0.1, 0.15) is 11.2 Å². The fourth-order valence-corrected chi connectivity index (χ4v) is 5.14. The summed E-state index contributed by atoms with van der Waals surface area (Å²) in [5.41, 5.74) is 7.57. The van der Waals surface area contributed by atoms with Gasteiger partial charge in [-0.1, -0.05) is 24.6 Å². The maximum Gasteiger partial charge on any atom is 0.270 e. The molecule has 7 nitrogen and oxygen atoms in total. The summed E-state index contributed by atoms with van der Waals surface area (Å²) in [6, 6.07) is 9.85. The molecule has 156 valence electrons. The summed E-state index contributed by atoms with van der Waals surface area (Å²) >= 11 is 0. The number of amides is 2. The van der Waals surface area contributed by atoms with Crippen molar-refractivity contribution in [2.24, 2.45) is 5.73 Å². The quantitative estimate of drug-likeness (QED) is 0.700. The lowest BCUT2D eigenvalue weighted by molar-refractivity contribution is -0.134. The molecule has 0 aliphatic carbocycles. The first-order valence-corrected chi connectivity index (χ1v) is 10.8. The Labute approximate surface area is 175 Å². The van der Waals surface area contributed by atoms with E-state index in [1.54, 1.807) is 6.20 Å². The molecule has 2 aliphatic heterocycles. The first kappa shape index (κ1) is 19.1. The number of hydrogen-bond acceptors (Lipinski definition) is 4. The molecule has 5 rings (SSSR count). The van der Waals surface area contributed by atoms with Gasteiger partial charge in [0.15, 0.2) is 0 Å². The maximum atomic E-state index is 13.2. The van der Waals surface area contributed by atoms with Crippen LogP contribution in [0.15, 0.2) is 36.5 Å². The van der Waals surface area contributed by atoms with E-state index in [1.165, 1.54) is 6.42 Å². The number of piperidine rings is 2. The maximum absolute atomic E-state index is 13.2. The number of nitrogens with two attached hydrogens (primary N) is 1. The third-order valence-corrected chi connectivity index (χ3v) is 6.89. The second-order valence-corrected chi connectivity index (χ2v) is 8.52. The van der Waals surface area contributed by atoms with Crippen LogP contribution in [0.3, 0.4) is 0 Å². The van der Waals surface area contributed by atoms with Gasteiger partial charge >= 0.3 is 0 Å². The molecule has 3 aromatic rings. The highest BCUT2D eigenvalue weighted by Crippen LogP contribution is 2.32. The lowest BCUT2D eigenvalue weighted by Gasteiger charge is -2.48. The summed E-state index contributed by atoms with van der Waals surface area (Å²) in [6.07, 6.45) is 6.37. The Morgan fingerprint density at radius 2 is 1.73 bits per heavy atom. The molecule has 3 N–H and O–H groups in total. The Bertz CT molecular complexity index is 1110. The van der Waals surface area contributed by atoms with E-state index in [1.807, 2.05) is 35.2 Å². The third-order valence-electron chi connectivity index (χ3n) is 6.89. The van der Waals surface area contributed by atoms with E-state index in [9.17, 15) is 9.59 Å². The summed E-state index contributed by atoms with van der Waals surface area (Å²) in [5.74, 6) is -0.286. The molecular formula is C23H27N5O2. The van der Waals surface area contributed by atoms with Crippen LogP contribution in [0.25, 0.3) is 21.8 Å². The Morgan fingerprint density at radius 3 is 2.47 bits per heavy atom. The second kappa shape index (κ2) is 7.40. The van der Waals surface area contributed by atoms with Crippen molar-refractivity contribution in [3.63, 3.8) is 0 Å². The number of pyridine rings is 1. The molecule has 4 heterocycles. The van der Waals surface area contributed by atoms with Gasteiger partial charge in [0.2, 0.25) is 5.91 Å². The highest BCUT2D eigenvalue weighted by molar-refractivity contribution is 6.07. The zero-order valence-electron chi connectivity index (χ0n) is 17.1. The number of aromatic nitrogens is 2. The Hall–Kier alpha value is -2.93. The highest BCUT2D eigenvalue weighted by atomic mass is 16.2. The number of fused-ring (bicyclic) bond motifs is 3. The van der Waals surface area contributed by atoms with E-state index in [2.05, 4.69) is 14.9 Å². The molecule has 0 atom stereocenters. The average molecular weight is 406 g/mol. The van der Waals surface area contributed by atoms with Crippen molar-refractivity contribution in [3.05, 3.63) is 42.2 Å². The minimum Gasteiger partial charge on any atom is -0.368 e. The van der Waals surface area contributed by atoms with E-state index >= 15 is 0 Å². The number of H-pyrrole nitrogens is 1. The van der Waals surface area contributed by atoms with Crippen molar-refractivity contribution in [2.45, 2.75) is 37.6 Å². The lowest BCUT2D eigenvalue weighted by Crippen LogP contribution is -2.63. The molecule has 0 bridgehead atoms. The van der Waals surface area contributed by atoms with E-state index in [-0.39, 0.29) is 11.8 Å². The number of benzene rings is 1. The highest BCUT2D eigenvalue weighted by Gasteiger charge is 2.45. The van der Waals surface area contributed by atoms with Crippen LogP contribution in [0.5, 0.6) is 0 Å². The van der Waals surface area contributed by atoms with Gasteiger partial charge in [0.25, 0.3) is 5.91 Å². The summed E-state index contributed by atoms with van der Waals surface area (Å²) in [4.78, 5) is 37.5. The molecule has 1 aromatic carbocycles. The Morgan fingerprint density at radius 1 is 1.00 bits per heavy atom. The Kier molecular flexibility index (Phi) is 4.70. The van der Waals surface area contributed by atoms with Crippen molar-refractivity contribution in [1.82, 2.24) is 19.8 Å².